The minimum atomic E-state index is -4.39. The minimum absolute atomic E-state index is 0.0635. The van der Waals surface area contributed by atoms with E-state index in [0.29, 0.717) is 6.54 Å². The molecule has 0 saturated heterocycles. The summed E-state index contributed by atoms with van der Waals surface area (Å²) >= 11 is 0. The summed E-state index contributed by atoms with van der Waals surface area (Å²) in [4.78, 5) is 0. The van der Waals surface area contributed by atoms with Crippen LogP contribution in [0.3, 0.4) is 0 Å². The third-order valence-corrected chi connectivity index (χ3v) is 3.37. The molecule has 0 unspecified atom stereocenters. The van der Waals surface area contributed by atoms with E-state index in [0.717, 1.165) is 23.5 Å². The number of aromatic nitrogens is 2. The van der Waals surface area contributed by atoms with Gasteiger partial charge in [-0.05, 0) is 31.5 Å². The number of hydrogen-bond acceptors (Lipinski definition) is 4. The van der Waals surface area contributed by atoms with Crippen molar-refractivity contribution in [2.24, 2.45) is 0 Å². The number of anilines is 1. The topological polar surface area (TPSA) is 48.3 Å². The van der Waals surface area contributed by atoms with Gasteiger partial charge in [0, 0.05) is 19.3 Å². The molecule has 0 spiro atoms. The first kappa shape index (κ1) is 18.0. The summed E-state index contributed by atoms with van der Waals surface area (Å²) in [5.41, 5.74) is 2.65. The van der Waals surface area contributed by atoms with Crippen LogP contribution in [0.4, 0.5) is 18.9 Å². The van der Waals surface area contributed by atoms with Gasteiger partial charge in [0.05, 0.1) is 18.5 Å². The van der Waals surface area contributed by atoms with E-state index in [2.05, 4.69) is 10.4 Å². The first-order chi connectivity index (χ1) is 11.3. The fraction of sp³-hybridized carbons (Fsp3) is 0.438. The Morgan fingerprint density at radius 2 is 2.00 bits per heavy atom. The van der Waals surface area contributed by atoms with Crippen LogP contribution in [-0.2, 0) is 13.1 Å². The van der Waals surface area contributed by atoms with Crippen molar-refractivity contribution in [3.63, 3.8) is 0 Å². The van der Waals surface area contributed by atoms with Gasteiger partial charge in [0.15, 0.2) is 18.1 Å². The Kier molecular flexibility index (Phi) is 5.58. The van der Waals surface area contributed by atoms with Crippen LogP contribution in [0, 0.1) is 6.92 Å². The van der Waals surface area contributed by atoms with Crippen molar-refractivity contribution in [2.75, 3.05) is 19.0 Å². The monoisotopic (exact) mass is 343 g/mol. The lowest BCUT2D eigenvalue weighted by Gasteiger charge is -2.14. The lowest BCUT2D eigenvalue weighted by molar-refractivity contribution is -0.153. The zero-order valence-corrected chi connectivity index (χ0v) is 13.8. The summed E-state index contributed by atoms with van der Waals surface area (Å²) in [6.45, 7) is 3.83. The summed E-state index contributed by atoms with van der Waals surface area (Å²) in [6, 6.07) is 4.82. The fourth-order valence-electron chi connectivity index (χ4n) is 2.15. The van der Waals surface area contributed by atoms with Gasteiger partial charge in [-0.1, -0.05) is 6.07 Å². The average molecular weight is 343 g/mol. The van der Waals surface area contributed by atoms with Crippen LogP contribution in [0.2, 0.25) is 0 Å². The number of methoxy groups -OCH3 is 1. The minimum Gasteiger partial charge on any atom is -0.493 e. The Hall–Kier alpha value is -2.38. The Labute approximate surface area is 138 Å². The summed E-state index contributed by atoms with van der Waals surface area (Å²) in [7, 11) is 1.39. The van der Waals surface area contributed by atoms with Crippen molar-refractivity contribution in [1.82, 2.24) is 9.78 Å². The van der Waals surface area contributed by atoms with E-state index in [4.69, 9.17) is 9.47 Å². The maximum atomic E-state index is 12.2. The van der Waals surface area contributed by atoms with Gasteiger partial charge in [-0.25, -0.2) is 0 Å². The molecule has 1 N–H and O–H groups in total. The van der Waals surface area contributed by atoms with E-state index in [1.807, 2.05) is 24.7 Å². The molecule has 0 fully saturated rings. The molecule has 2 aromatic rings. The van der Waals surface area contributed by atoms with Crippen LogP contribution in [0.5, 0.6) is 11.5 Å². The van der Waals surface area contributed by atoms with E-state index in [1.165, 1.54) is 13.2 Å². The summed E-state index contributed by atoms with van der Waals surface area (Å²) < 4.78 is 48.5. The zero-order valence-electron chi connectivity index (χ0n) is 13.8. The van der Waals surface area contributed by atoms with Gasteiger partial charge >= 0.3 is 6.18 Å². The fourth-order valence-corrected chi connectivity index (χ4v) is 2.15. The SMILES string of the molecule is CCn1cc(NCc2ccc(OCC(F)(F)F)c(OC)c2)c(C)n1. The molecule has 0 radical (unpaired) electrons. The number of nitrogens with one attached hydrogen (secondary N) is 1. The maximum absolute atomic E-state index is 12.2. The first-order valence-corrected chi connectivity index (χ1v) is 7.46. The predicted molar refractivity (Wildman–Crippen MR) is 84.5 cm³/mol. The lowest BCUT2D eigenvalue weighted by Crippen LogP contribution is -2.19. The van der Waals surface area contributed by atoms with Gasteiger partial charge in [-0.2, -0.15) is 18.3 Å². The molecule has 5 nitrogen and oxygen atoms in total. The van der Waals surface area contributed by atoms with E-state index in [9.17, 15) is 13.2 Å². The standard InChI is InChI=1S/C16H20F3N3O2/c1-4-22-9-13(11(2)21-22)20-8-12-5-6-14(15(7-12)23-3)24-10-16(17,18)19/h5-7,9,20H,4,8,10H2,1-3H3. The van der Waals surface area contributed by atoms with Gasteiger partial charge in [0.2, 0.25) is 0 Å². The average Bonchev–Trinajstić information content (AvgIpc) is 2.90. The number of nitrogens with zero attached hydrogens (tertiary/aromatic N) is 2. The second-order valence-corrected chi connectivity index (χ2v) is 5.23. The van der Waals surface area contributed by atoms with Crippen LogP contribution in [0.15, 0.2) is 24.4 Å². The summed E-state index contributed by atoms with van der Waals surface area (Å²) in [5, 5.41) is 7.59. The zero-order chi connectivity index (χ0) is 17.7. The van der Waals surface area contributed by atoms with Crippen LogP contribution in [0.1, 0.15) is 18.2 Å². The van der Waals surface area contributed by atoms with Crippen molar-refractivity contribution < 1.29 is 22.6 Å². The van der Waals surface area contributed by atoms with E-state index >= 15 is 0 Å². The molecule has 0 atom stereocenters. The van der Waals surface area contributed by atoms with Gasteiger partial charge in [0.25, 0.3) is 0 Å². The number of benzene rings is 1. The number of hydrogen-bond donors (Lipinski definition) is 1. The molecule has 0 aliphatic heterocycles. The van der Waals surface area contributed by atoms with E-state index < -0.39 is 12.8 Å². The van der Waals surface area contributed by atoms with Crippen LogP contribution < -0.4 is 14.8 Å². The highest BCUT2D eigenvalue weighted by Crippen LogP contribution is 2.30. The smallest absolute Gasteiger partial charge is 0.422 e. The molecule has 132 valence electrons. The Morgan fingerprint density at radius 3 is 2.58 bits per heavy atom. The maximum Gasteiger partial charge on any atom is 0.422 e. The van der Waals surface area contributed by atoms with Gasteiger partial charge in [0.1, 0.15) is 0 Å². The van der Waals surface area contributed by atoms with Crippen LogP contribution in [0.25, 0.3) is 0 Å². The molecule has 0 amide bonds. The van der Waals surface area contributed by atoms with Crippen LogP contribution >= 0.6 is 0 Å². The highest BCUT2D eigenvalue weighted by atomic mass is 19.4. The molecule has 1 aromatic carbocycles. The highest BCUT2D eigenvalue weighted by Gasteiger charge is 2.29. The highest BCUT2D eigenvalue weighted by molar-refractivity contribution is 5.48. The number of ether oxygens (including phenoxy) is 2. The van der Waals surface area contributed by atoms with Crippen molar-refractivity contribution >= 4 is 5.69 Å². The third kappa shape index (κ3) is 4.81. The summed E-state index contributed by atoms with van der Waals surface area (Å²) in [6.07, 6.45) is -2.48. The predicted octanol–water partition coefficient (Wildman–Crippen LogP) is 3.77. The van der Waals surface area contributed by atoms with E-state index in [1.54, 1.807) is 12.1 Å². The Balaban J connectivity index is 2.04. The Morgan fingerprint density at radius 1 is 1.25 bits per heavy atom. The first-order valence-electron chi connectivity index (χ1n) is 7.46. The van der Waals surface area contributed by atoms with Crippen molar-refractivity contribution in [2.45, 2.75) is 33.1 Å². The molecule has 0 aliphatic rings. The normalized spacial score (nSPS) is 11.4. The molecular formula is C16H20F3N3O2. The molecular weight excluding hydrogens is 323 g/mol. The lowest BCUT2D eigenvalue weighted by atomic mass is 10.2. The van der Waals surface area contributed by atoms with Crippen molar-refractivity contribution in [1.29, 1.82) is 0 Å². The van der Waals surface area contributed by atoms with Crippen molar-refractivity contribution in [3.05, 3.63) is 35.7 Å². The Bertz CT molecular complexity index is 684. The number of halogens is 3. The number of alkyl halides is 3. The molecule has 0 bridgehead atoms. The molecule has 0 aliphatic carbocycles. The molecule has 8 heteroatoms. The second kappa shape index (κ2) is 7.46. The van der Waals surface area contributed by atoms with Gasteiger partial charge < -0.3 is 14.8 Å². The molecule has 24 heavy (non-hydrogen) atoms. The molecule has 1 aromatic heterocycles. The van der Waals surface area contributed by atoms with Gasteiger partial charge in [-0.3, -0.25) is 4.68 Å². The molecule has 1 heterocycles. The molecule has 0 saturated carbocycles. The number of rotatable bonds is 7. The summed E-state index contributed by atoms with van der Waals surface area (Å²) in [5.74, 6) is 0.327. The van der Waals surface area contributed by atoms with Crippen molar-refractivity contribution in [3.8, 4) is 11.5 Å². The largest absolute Gasteiger partial charge is 0.493 e. The number of aryl methyl sites for hydroxylation is 2. The van der Waals surface area contributed by atoms with E-state index in [-0.39, 0.29) is 11.5 Å². The second-order valence-electron chi connectivity index (χ2n) is 5.23. The molecule has 2 rings (SSSR count). The van der Waals surface area contributed by atoms with Gasteiger partial charge in [-0.15, -0.1) is 0 Å². The van der Waals surface area contributed by atoms with Crippen LogP contribution in [-0.4, -0.2) is 29.7 Å². The third-order valence-electron chi connectivity index (χ3n) is 3.37. The quantitative estimate of drug-likeness (QED) is 0.831.